The lowest BCUT2D eigenvalue weighted by Crippen LogP contribution is -2.46. The first-order chi connectivity index (χ1) is 44.6. The van der Waals surface area contributed by atoms with Crippen molar-refractivity contribution < 1.29 is 107 Å². The molecular formula is C65H80N6O22. The van der Waals surface area contributed by atoms with Gasteiger partial charge in [-0.15, -0.1) is 0 Å². The minimum atomic E-state index is -1.31. The number of hydrogen-bond acceptors (Lipinski definition) is 19. The van der Waals surface area contributed by atoms with Gasteiger partial charge in [0.2, 0.25) is 17.7 Å². The Hall–Kier alpha value is -9.48. The van der Waals surface area contributed by atoms with Crippen LogP contribution in [0.15, 0.2) is 97.1 Å². The molecule has 2 atom stereocenters. The van der Waals surface area contributed by atoms with Gasteiger partial charge in [-0.05, 0) is 76.7 Å². The van der Waals surface area contributed by atoms with Gasteiger partial charge in [-0.3, -0.25) is 57.7 Å². The van der Waals surface area contributed by atoms with Crippen LogP contribution in [0.2, 0.25) is 0 Å². The maximum Gasteiger partial charge on any atom is 0.407 e. The Bertz CT molecular complexity index is 3110. The van der Waals surface area contributed by atoms with Gasteiger partial charge in [-0.2, -0.15) is 0 Å². The summed E-state index contributed by atoms with van der Waals surface area (Å²) in [7, 11) is 0. The molecule has 28 nitrogen and oxygen atoms in total. The van der Waals surface area contributed by atoms with E-state index >= 15 is 0 Å². The van der Waals surface area contributed by atoms with E-state index in [1.54, 1.807) is 0 Å². The van der Waals surface area contributed by atoms with E-state index in [1.807, 2.05) is 60.7 Å². The molecule has 4 aromatic carbocycles. The lowest BCUT2D eigenvalue weighted by atomic mass is 9.98. The number of imide groups is 3. The number of Topliss-reactive ketones (excluding diaryl/α,β-unsaturated/α-hetero) is 1. The Balaban J connectivity index is 0.000000275. The Morgan fingerprint density at radius 3 is 1.18 bits per heavy atom. The number of carboxylic acids is 6. The SMILES string of the molecule is NCCCCC(C(=O)O)N(CC(=O)O)CC(=O)O.O=C(NCCOCCC(=O)N1C(=O)CCC1=O)OCC1c2ccccc2-c2ccccc21.O=C(O)CN(CC(=O)O)C(CCCCCC(=O)CCOCCNC(=O)OCC1c2ccccc2-c2ccccc21)C(=O)O. The normalized spacial score (nSPS) is 13.4. The number of carboxylic acid groups (broad SMARTS) is 6. The highest BCUT2D eigenvalue weighted by molar-refractivity contribution is 6.15. The van der Waals surface area contributed by atoms with Crippen LogP contribution in [0.1, 0.15) is 111 Å². The summed E-state index contributed by atoms with van der Waals surface area (Å²) in [5.74, 6) is -9.19. The zero-order chi connectivity index (χ0) is 67.8. The molecule has 4 aromatic rings. The number of ether oxygens (including phenoxy) is 4. The number of hydrogen-bond donors (Lipinski definition) is 9. The van der Waals surface area contributed by atoms with Gasteiger partial charge in [-0.25, -0.2) is 14.5 Å². The molecule has 0 bridgehead atoms. The summed E-state index contributed by atoms with van der Waals surface area (Å²) in [6.45, 7) is -0.663. The number of carbonyl (C=O) groups is 12. The van der Waals surface area contributed by atoms with E-state index in [-0.39, 0.29) is 115 Å². The highest BCUT2D eigenvalue weighted by atomic mass is 16.6. The Morgan fingerprint density at radius 2 is 0.828 bits per heavy atom. The number of fused-ring (bicyclic) bond motifs is 6. The Morgan fingerprint density at radius 1 is 0.473 bits per heavy atom. The third kappa shape index (κ3) is 24.3. The van der Waals surface area contributed by atoms with Gasteiger partial charge in [0, 0.05) is 50.6 Å². The van der Waals surface area contributed by atoms with Crippen LogP contribution in [0.5, 0.6) is 0 Å². The summed E-state index contributed by atoms with van der Waals surface area (Å²) in [5.41, 5.74) is 14.5. The van der Waals surface area contributed by atoms with Crippen LogP contribution in [-0.4, -0.2) is 214 Å². The van der Waals surface area contributed by atoms with Crippen molar-refractivity contribution in [3.05, 3.63) is 119 Å². The number of alkyl carbamates (subject to hydrolysis) is 2. The predicted molar refractivity (Wildman–Crippen MR) is 331 cm³/mol. The molecule has 7 rings (SSSR count). The highest BCUT2D eigenvalue weighted by Crippen LogP contribution is 2.45. The quantitative estimate of drug-likeness (QED) is 0.0210. The number of nitrogens with two attached hydrogens (primary N) is 1. The third-order valence-electron chi connectivity index (χ3n) is 15.2. The summed E-state index contributed by atoms with van der Waals surface area (Å²) < 4.78 is 21.7. The molecule has 28 heteroatoms. The van der Waals surface area contributed by atoms with Crippen molar-refractivity contribution in [2.24, 2.45) is 5.73 Å². The monoisotopic (exact) mass is 1300 g/mol. The lowest BCUT2D eigenvalue weighted by molar-refractivity contribution is -0.152. The van der Waals surface area contributed by atoms with Gasteiger partial charge in [0.1, 0.15) is 31.1 Å². The second kappa shape index (κ2) is 39.0. The topological polar surface area (TPSA) is 423 Å². The number of rotatable bonds is 38. The van der Waals surface area contributed by atoms with E-state index < -0.39 is 104 Å². The molecule has 1 heterocycles. The smallest absolute Gasteiger partial charge is 0.407 e. The molecular weight excluding hydrogens is 1220 g/mol. The summed E-state index contributed by atoms with van der Waals surface area (Å²) in [6, 6.07) is 30.0. The number of benzene rings is 4. The number of likely N-dealkylation sites (tertiary alicyclic amines) is 1. The zero-order valence-electron chi connectivity index (χ0n) is 51.4. The first-order valence-electron chi connectivity index (χ1n) is 30.4. The van der Waals surface area contributed by atoms with Crippen molar-refractivity contribution in [1.29, 1.82) is 0 Å². The van der Waals surface area contributed by atoms with Crippen molar-refractivity contribution >= 4 is 71.5 Å². The number of amides is 5. The first kappa shape index (κ1) is 74.2. The van der Waals surface area contributed by atoms with E-state index in [0.717, 1.165) is 54.3 Å². The molecule has 1 aliphatic heterocycles. The zero-order valence-corrected chi connectivity index (χ0v) is 51.4. The summed E-state index contributed by atoms with van der Waals surface area (Å²) >= 11 is 0. The number of unbranched alkanes of at least 4 members (excludes halogenated alkanes) is 3. The van der Waals surface area contributed by atoms with Gasteiger partial charge >= 0.3 is 48.0 Å². The van der Waals surface area contributed by atoms with Crippen LogP contribution in [0.4, 0.5) is 9.59 Å². The second-order valence-corrected chi connectivity index (χ2v) is 21.8. The Labute approximate surface area is 535 Å². The summed E-state index contributed by atoms with van der Waals surface area (Å²) in [6.07, 6.45) is 2.31. The van der Waals surface area contributed by atoms with Crippen LogP contribution < -0.4 is 16.4 Å². The number of ketones is 1. The van der Waals surface area contributed by atoms with Gasteiger partial charge in [0.25, 0.3) is 0 Å². The molecule has 3 aliphatic rings. The molecule has 0 aromatic heterocycles. The van der Waals surface area contributed by atoms with Crippen molar-refractivity contribution in [3.63, 3.8) is 0 Å². The van der Waals surface area contributed by atoms with Gasteiger partial charge in [0.05, 0.1) is 59.0 Å². The van der Waals surface area contributed by atoms with E-state index in [4.69, 9.17) is 50.2 Å². The fourth-order valence-electron chi connectivity index (χ4n) is 10.9. The van der Waals surface area contributed by atoms with Crippen LogP contribution in [0.25, 0.3) is 22.3 Å². The molecule has 93 heavy (non-hydrogen) atoms. The van der Waals surface area contributed by atoms with Crippen LogP contribution in [0, 0.1) is 0 Å². The average molecular weight is 1300 g/mol. The van der Waals surface area contributed by atoms with E-state index in [0.29, 0.717) is 43.5 Å². The molecule has 2 aliphatic carbocycles. The minimum Gasteiger partial charge on any atom is -0.480 e. The maximum atomic E-state index is 12.2. The van der Waals surface area contributed by atoms with Crippen LogP contribution in [-0.2, 0) is 66.9 Å². The lowest BCUT2D eigenvalue weighted by Gasteiger charge is -2.25. The van der Waals surface area contributed by atoms with Gasteiger partial charge in [-0.1, -0.05) is 116 Å². The molecule has 10 N–H and O–H groups in total. The van der Waals surface area contributed by atoms with Crippen LogP contribution in [0.3, 0.4) is 0 Å². The van der Waals surface area contributed by atoms with Gasteiger partial charge in [0.15, 0.2) is 0 Å². The molecule has 2 unspecified atom stereocenters. The van der Waals surface area contributed by atoms with Crippen LogP contribution >= 0.6 is 0 Å². The second-order valence-electron chi connectivity index (χ2n) is 21.8. The van der Waals surface area contributed by atoms with E-state index in [2.05, 4.69) is 47.0 Å². The molecule has 0 saturated carbocycles. The van der Waals surface area contributed by atoms with E-state index in [9.17, 15) is 62.6 Å². The average Bonchev–Trinajstić information content (AvgIpc) is 1.63. The molecule has 1 fully saturated rings. The number of carbonyl (C=O) groups excluding carboxylic acids is 6. The van der Waals surface area contributed by atoms with Gasteiger partial charge < -0.3 is 66.0 Å². The minimum absolute atomic E-state index is 0.00794. The first-order valence-corrected chi connectivity index (χ1v) is 30.4. The largest absolute Gasteiger partial charge is 0.480 e. The molecule has 1 saturated heterocycles. The number of nitrogens with zero attached hydrogens (tertiary/aromatic N) is 3. The highest BCUT2D eigenvalue weighted by Gasteiger charge is 2.35. The van der Waals surface area contributed by atoms with E-state index in [1.165, 1.54) is 0 Å². The van der Waals surface area contributed by atoms with Crippen molar-refractivity contribution in [2.75, 3.05) is 85.5 Å². The number of aliphatic carboxylic acids is 6. The molecule has 0 radical (unpaired) electrons. The summed E-state index contributed by atoms with van der Waals surface area (Å²) in [4.78, 5) is 140. The summed E-state index contributed by atoms with van der Waals surface area (Å²) in [5, 5.41) is 58.9. The molecule has 502 valence electrons. The standard InChI is InChI=1S/C31H38N2O10.C24H24N2O6.C10H18N2O6/c34-21(8-2-1-3-13-27(30(39)40)33(18-28(35)36)19-29(37)38)14-16-42-17-15-32-31(41)43-20-26-24-11-6-4-9-22(24)23-10-5-7-12-25(23)26;27-21-9-10-22(28)26(21)23(29)11-13-31-14-12-25-24(30)32-15-20-18-7-3-1-5-16(18)17-6-2-4-8-19(17)20;11-4-2-1-3-7(10(17)18)12(5-8(13)14)6-9(15)16/h4-7,9-12,26-27H,1-3,8,13-20H2,(H,32,41)(H,35,36)(H,37,38)(H,39,40);1-8,20H,9-15H2,(H,25,30);7H,1-6,11H2,(H,13,14)(H,15,16)(H,17,18). The van der Waals surface area contributed by atoms with Crippen molar-refractivity contribution in [2.45, 2.75) is 101 Å². The number of nitrogens with one attached hydrogen (secondary N) is 2. The fraction of sp³-hybridized carbons (Fsp3) is 0.446. The Kier molecular flexibility index (Phi) is 31.2. The fourth-order valence-corrected chi connectivity index (χ4v) is 10.9. The van der Waals surface area contributed by atoms with Crippen molar-refractivity contribution in [3.8, 4) is 22.3 Å². The van der Waals surface area contributed by atoms with Crippen molar-refractivity contribution in [1.82, 2.24) is 25.3 Å². The maximum absolute atomic E-state index is 12.2. The predicted octanol–water partition coefficient (Wildman–Crippen LogP) is 5.02. The molecule has 5 amide bonds. The molecule has 0 spiro atoms. The third-order valence-corrected chi connectivity index (χ3v) is 15.2.